The van der Waals surface area contributed by atoms with Crippen molar-refractivity contribution in [1.82, 2.24) is 20.1 Å². The fraction of sp³-hybridized carbons (Fsp3) is 0.429. The minimum atomic E-state index is 0.246. The highest BCUT2D eigenvalue weighted by Crippen LogP contribution is 2.09. The Morgan fingerprint density at radius 1 is 1.28 bits per heavy atom. The molecule has 2 rings (SSSR count). The van der Waals surface area contributed by atoms with Crippen LogP contribution < -0.4 is 5.32 Å². The van der Waals surface area contributed by atoms with Gasteiger partial charge in [-0.2, -0.15) is 5.10 Å². The van der Waals surface area contributed by atoms with Gasteiger partial charge in [-0.15, -0.1) is 0 Å². The molecule has 1 N–H and O–H groups in total. The van der Waals surface area contributed by atoms with Gasteiger partial charge >= 0.3 is 0 Å². The first-order valence-electron chi connectivity index (χ1n) is 6.46. The summed E-state index contributed by atoms with van der Waals surface area (Å²) >= 11 is 0. The summed E-state index contributed by atoms with van der Waals surface area (Å²) in [6.07, 6.45) is 4.79. The molecule has 1 atom stereocenters. The van der Waals surface area contributed by atoms with Gasteiger partial charge in [0, 0.05) is 31.5 Å². The summed E-state index contributed by atoms with van der Waals surface area (Å²) in [7, 11) is 0. The summed E-state index contributed by atoms with van der Waals surface area (Å²) < 4.78 is 2.05. The van der Waals surface area contributed by atoms with Gasteiger partial charge in [-0.3, -0.25) is 9.67 Å². The van der Waals surface area contributed by atoms with Crippen molar-refractivity contribution in [3.05, 3.63) is 48.0 Å². The third-order valence-electron chi connectivity index (χ3n) is 2.96. The van der Waals surface area contributed by atoms with E-state index in [0.717, 1.165) is 25.2 Å². The second-order valence-corrected chi connectivity index (χ2v) is 4.40. The molecule has 0 fully saturated rings. The Labute approximate surface area is 108 Å². The smallest absolute Gasteiger partial charge is 0.0570 e. The summed E-state index contributed by atoms with van der Waals surface area (Å²) in [5.41, 5.74) is 2.29. The molecule has 0 aromatic carbocycles. The van der Waals surface area contributed by atoms with Crippen LogP contribution in [0.5, 0.6) is 0 Å². The first kappa shape index (κ1) is 12.8. The fourth-order valence-corrected chi connectivity index (χ4v) is 1.92. The number of rotatable bonds is 6. The number of hydrogen-bond acceptors (Lipinski definition) is 3. The van der Waals surface area contributed by atoms with Crippen LogP contribution in [0.1, 0.15) is 37.7 Å². The highest BCUT2D eigenvalue weighted by molar-refractivity contribution is 5.08. The second-order valence-electron chi connectivity index (χ2n) is 4.40. The van der Waals surface area contributed by atoms with Crippen LogP contribution in [-0.2, 0) is 13.1 Å². The normalized spacial score (nSPS) is 12.6. The molecule has 0 saturated heterocycles. The lowest BCUT2D eigenvalue weighted by Gasteiger charge is -2.14. The Kier molecular flexibility index (Phi) is 4.47. The van der Waals surface area contributed by atoms with Crippen LogP contribution in [0.2, 0.25) is 0 Å². The first-order chi connectivity index (χ1) is 8.81. The molecule has 0 saturated carbocycles. The number of pyridine rings is 1. The summed E-state index contributed by atoms with van der Waals surface area (Å²) in [6.45, 7) is 6.08. The largest absolute Gasteiger partial charge is 0.303 e. The van der Waals surface area contributed by atoms with E-state index in [1.165, 1.54) is 5.69 Å². The van der Waals surface area contributed by atoms with E-state index in [-0.39, 0.29) is 6.04 Å². The molecule has 0 unspecified atom stereocenters. The quantitative estimate of drug-likeness (QED) is 0.849. The third kappa shape index (κ3) is 3.17. The maximum atomic E-state index is 4.35. The molecule has 2 aromatic rings. The second kappa shape index (κ2) is 6.31. The van der Waals surface area contributed by atoms with Gasteiger partial charge in [0.15, 0.2) is 0 Å². The lowest BCUT2D eigenvalue weighted by atomic mass is 10.2. The Balaban J connectivity index is 1.93. The van der Waals surface area contributed by atoms with Crippen LogP contribution in [0.15, 0.2) is 36.7 Å². The summed E-state index contributed by atoms with van der Waals surface area (Å²) in [6, 6.07) is 8.31. The molecule has 4 nitrogen and oxygen atoms in total. The van der Waals surface area contributed by atoms with E-state index in [2.05, 4.69) is 40.0 Å². The van der Waals surface area contributed by atoms with Crippen LogP contribution in [-0.4, -0.2) is 14.8 Å². The summed E-state index contributed by atoms with van der Waals surface area (Å²) in [5.74, 6) is 0. The monoisotopic (exact) mass is 244 g/mol. The van der Waals surface area contributed by atoms with Gasteiger partial charge in [0.1, 0.15) is 0 Å². The molecule has 2 aromatic heterocycles. The van der Waals surface area contributed by atoms with Crippen molar-refractivity contribution in [3.8, 4) is 0 Å². The lowest BCUT2D eigenvalue weighted by Crippen LogP contribution is -2.21. The highest BCUT2D eigenvalue weighted by Gasteiger charge is 2.07. The Hall–Kier alpha value is -1.68. The highest BCUT2D eigenvalue weighted by atomic mass is 15.3. The van der Waals surface area contributed by atoms with E-state index in [4.69, 9.17) is 0 Å². The molecule has 0 aliphatic carbocycles. The Morgan fingerprint density at radius 2 is 2.17 bits per heavy atom. The van der Waals surface area contributed by atoms with E-state index in [0.29, 0.717) is 0 Å². The van der Waals surface area contributed by atoms with Crippen LogP contribution >= 0.6 is 0 Å². The number of aryl methyl sites for hydroxylation is 1. The first-order valence-corrected chi connectivity index (χ1v) is 6.46. The van der Waals surface area contributed by atoms with Gasteiger partial charge < -0.3 is 5.32 Å². The van der Waals surface area contributed by atoms with Gasteiger partial charge in [0.2, 0.25) is 0 Å². The average molecular weight is 244 g/mol. The van der Waals surface area contributed by atoms with Crippen LogP contribution in [0, 0.1) is 0 Å². The average Bonchev–Trinajstić information content (AvgIpc) is 2.85. The predicted molar refractivity (Wildman–Crippen MR) is 72.0 cm³/mol. The van der Waals surface area contributed by atoms with E-state index in [1.807, 2.05) is 30.6 Å². The minimum Gasteiger partial charge on any atom is -0.303 e. The van der Waals surface area contributed by atoms with Crippen molar-refractivity contribution >= 4 is 0 Å². The molecule has 0 radical (unpaired) electrons. The standard InChI is InChI=1S/C14H20N4/c1-3-10-18-13(7-9-17-18)11-16-12(2)14-6-4-5-8-15-14/h4-9,12,16H,3,10-11H2,1-2H3/t12-/m1/s1. The lowest BCUT2D eigenvalue weighted by molar-refractivity contribution is 0.511. The topological polar surface area (TPSA) is 42.7 Å². The van der Waals surface area contributed by atoms with Crippen molar-refractivity contribution in [2.24, 2.45) is 0 Å². The third-order valence-corrected chi connectivity index (χ3v) is 2.96. The van der Waals surface area contributed by atoms with Gasteiger partial charge in [0.05, 0.1) is 11.4 Å². The maximum Gasteiger partial charge on any atom is 0.0570 e. The zero-order valence-corrected chi connectivity index (χ0v) is 11.0. The SMILES string of the molecule is CCCn1nccc1CN[C@H](C)c1ccccn1. The fourth-order valence-electron chi connectivity index (χ4n) is 1.92. The molecule has 0 spiro atoms. The molecule has 4 heteroatoms. The number of aromatic nitrogens is 3. The van der Waals surface area contributed by atoms with E-state index in [1.54, 1.807) is 0 Å². The number of hydrogen-bond donors (Lipinski definition) is 1. The molecule has 2 heterocycles. The van der Waals surface area contributed by atoms with Crippen molar-refractivity contribution < 1.29 is 0 Å². The van der Waals surface area contributed by atoms with Crippen LogP contribution in [0.4, 0.5) is 0 Å². The summed E-state index contributed by atoms with van der Waals surface area (Å²) in [4.78, 5) is 4.35. The van der Waals surface area contributed by atoms with Gasteiger partial charge in [-0.25, -0.2) is 0 Å². The zero-order chi connectivity index (χ0) is 12.8. The Bertz CT molecular complexity index is 464. The van der Waals surface area contributed by atoms with Gasteiger partial charge in [-0.1, -0.05) is 13.0 Å². The molecular weight excluding hydrogens is 224 g/mol. The molecular formula is C14H20N4. The van der Waals surface area contributed by atoms with E-state index < -0.39 is 0 Å². The van der Waals surface area contributed by atoms with Crippen molar-refractivity contribution in [2.45, 2.75) is 39.4 Å². The maximum absolute atomic E-state index is 4.35. The van der Waals surface area contributed by atoms with Gasteiger partial charge in [-0.05, 0) is 31.5 Å². The van der Waals surface area contributed by atoms with Crippen molar-refractivity contribution in [3.63, 3.8) is 0 Å². The molecule has 96 valence electrons. The van der Waals surface area contributed by atoms with E-state index >= 15 is 0 Å². The predicted octanol–water partition coefficient (Wildman–Crippen LogP) is 2.54. The van der Waals surface area contributed by atoms with Crippen molar-refractivity contribution in [2.75, 3.05) is 0 Å². The number of nitrogens with one attached hydrogen (secondary N) is 1. The summed E-state index contributed by atoms with van der Waals surface area (Å²) in [5, 5.41) is 7.79. The van der Waals surface area contributed by atoms with Crippen LogP contribution in [0.3, 0.4) is 0 Å². The molecule has 0 aliphatic rings. The molecule has 0 amide bonds. The van der Waals surface area contributed by atoms with Crippen LogP contribution in [0.25, 0.3) is 0 Å². The zero-order valence-electron chi connectivity index (χ0n) is 11.0. The van der Waals surface area contributed by atoms with Gasteiger partial charge in [0.25, 0.3) is 0 Å². The minimum absolute atomic E-state index is 0.246. The number of nitrogens with zero attached hydrogens (tertiary/aromatic N) is 3. The molecule has 0 bridgehead atoms. The Morgan fingerprint density at radius 3 is 2.89 bits per heavy atom. The van der Waals surface area contributed by atoms with Crippen molar-refractivity contribution in [1.29, 1.82) is 0 Å². The van der Waals surface area contributed by atoms with E-state index in [9.17, 15) is 0 Å². The molecule has 18 heavy (non-hydrogen) atoms. The molecule has 0 aliphatic heterocycles.